The summed E-state index contributed by atoms with van der Waals surface area (Å²) in [5.74, 6) is 1.49. The third-order valence-electron chi connectivity index (χ3n) is 2.35. The van der Waals surface area contributed by atoms with E-state index in [1.807, 2.05) is 6.07 Å². The molecule has 0 aromatic carbocycles. The van der Waals surface area contributed by atoms with Crippen molar-refractivity contribution in [1.29, 1.82) is 5.26 Å². The second-order valence-corrected chi connectivity index (χ2v) is 3.48. The van der Waals surface area contributed by atoms with Crippen molar-refractivity contribution in [3.63, 3.8) is 0 Å². The smallest absolute Gasteiger partial charge is 0.158 e. The number of nitrogens with one attached hydrogen (secondary N) is 2. The summed E-state index contributed by atoms with van der Waals surface area (Å²) in [6.45, 7) is 2.05. The monoisotopic (exact) mass is 228 g/mol. The van der Waals surface area contributed by atoms with Crippen molar-refractivity contribution in [1.82, 2.24) is 19.9 Å². The van der Waals surface area contributed by atoms with E-state index < -0.39 is 0 Å². The quantitative estimate of drug-likeness (QED) is 0.830. The topological polar surface area (TPSA) is 90.3 Å². The molecule has 1 atom stereocenters. The van der Waals surface area contributed by atoms with Crippen LogP contribution in [0.25, 0.3) is 0 Å². The Kier molecular flexibility index (Phi) is 3.31. The van der Waals surface area contributed by atoms with E-state index >= 15 is 0 Å². The maximum atomic E-state index is 8.62. The van der Waals surface area contributed by atoms with Crippen LogP contribution in [-0.2, 0) is 0 Å². The van der Waals surface area contributed by atoms with Gasteiger partial charge in [0.2, 0.25) is 0 Å². The van der Waals surface area contributed by atoms with E-state index in [1.54, 1.807) is 18.6 Å². The van der Waals surface area contributed by atoms with Gasteiger partial charge in [0, 0.05) is 12.4 Å². The Balaban J connectivity index is 2.11. The first-order valence-corrected chi connectivity index (χ1v) is 5.31. The molecule has 0 aliphatic rings. The van der Waals surface area contributed by atoms with Crippen LogP contribution in [0.3, 0.4) is 0 Å². The van der Waals surface area contributed by atoms with Crippen molar-refractivity contribution in [2.24, 2.45) is 0 Å². The molecule has 0 radical (unpaired) electrons. The van der Waals surface area contributed by atoms with E-state index in [0.29, 0.717) is 11.5 Å². The first kappa shape index (κ1) is 11.1. The largest absolute Gasteiger partial charge is 0.359 e. The molecule has 0 aliphatic carbocycles. The van der Waals surface area contributed by atoms with Gasteiger partial charge in [0.15, 0.2) is 5.69 Å². The second kappa shape index (κ2) is 5.07. The van der Waals surface area contributed by atoms with Gasteiger partial charge < -0.3 is 10.3 Å². The predicted molar refractivity (Wildman–Crippen MR) is 62.0 cm³/mol. The molecule has 2 aromatic heterocycles. The van der Waals surface area contributed by atoms with Crippen LogP contribution < -0.4 is 5.32 Å². The zero-order valence-electron chi connectivity index (χ0n) is 9.38. The second-order valence-electron chi connectivity index (χ2n) is 3.48. The summed E-state index contributed by atoms with van der Waals surface area (Å²) in [6, 6.07) is 1.99. The van der Waals surface area contributed by atoms with Crippen LogP contribution in [-0.4, -0.2) is 19.9 Å². The first-order valence-electron chi connectivity index (χ1n) is 5.31. The lowest BCUT2D eigenvalue weighted by Gasteiger charge is -2.14. The fourth-order valence-electron chi connectivity index (χ4n) is 1.47. The highest BCUT2D eigenvalue weighted by atomic mass is 15.1. The highest BCUT2D eigenvalue weighted by Gasteiger charge is 2.11. The lowest BCUT2D eigenvalue weighted by atomic mass is 10.2. The van der Waals surface area contributed by atoms with Crippen molar-refractivity contribution in [2.45, 2.75) is 19.4 Å². The number of aromatic amines is 1. The standard InChI is InChI=1S/C11H12N6/c1-2-9(11-13-3-4-14-11)17-10-7-15-8(5-12)6-16-10/h3-4,6-7,9H,2H2,1H3,(H,13,14)(H,16,17). The number of aromatic nitrogens is 4. The molecule has 2 aromatic rings. The summed E-state index contributed by atoms with van der Waals surface area (Å²) in [5.41, 5.74) is 0.307. The minimum Gasteiger partial charge on any atom is -0.359 e. The summed E-state index contributed by atoms with van der Waals surface area (Å²) in [4.78, 5) is 15.3. The number of nitriles is 1. The van der Waals surface area contributed by atoms with Gasteiger partial charge in [0.05, 0.1) is 18.4 Å². The van der Waals surface area contributed by atoms with Crippen LogP contribution in [0.2, 0.25) is 0 Å². The van der Waals surface area contributed by atoms with Crippen molar-refractivity contribution >= 4 is 5.82 Å². The Bertz CT molecular complexity index is 496. The summed E-state index contributed by atoms with van der Waals surface area (Å²) in [5, 5.41) is 11.8. The highest BCUT2D eigenvalue weighted by Crippen LogP contribution is 2.17. The fourth-order valence-corrected chi connectivity index (χ4v) is 1.47. The lowest BCUT2D eigenvalue weighted by Crippen LogP contribution is -2.12. The average molecular weight is 228 g/mol. The third-order valence-corrected chi connectivity index (χ3v) is 2.35. The van der Waals surface area contributed by atoms with E-state index in [-0.39, 0.29) is 6.04 Å². The molecule has 0 bridgehead atoms. The first-order chi connectivity index (χ1) is 8.33. The van der Waals surface area contributed by atoms with Crippen molar-refractivity contribution in [3.05, 3.63) is 36.3 Å². The van der Waals surface area contributed by atoms with Gasteiger partial charge in [-0.2, -0.15) is 5.26 Å². The minimum atomic E-state index is 0.0623. The molecule has 2 heterocycles. The van der Waals surface area contributed by atoms with Crippen LogP contribution in [0.1, 0.15) is 30.9 Å². The van der Waals surface area contributed by atoms with Gasteiger partial charge in [-0.05, 0) is 6.42 Å². The number of imidazole rings is 1. The molecule has 6 nitrogen and oxygen atoms in total. The fraction of sp³-hybridized carbons (Fsp3) is 0.273. The molecule has 86 valence electrons. The molecular weight excluding hydrogens is 216 g/mol. The van der Waals surface area contributed by atoms with Gasteiger partial charge in [0.25, 0.3) is 0 Å². The molecule has 1 unspecified atom stereocenters. The summed E-state index contributed by atoms with van der Waals surface area (Å²) >= 11 is 0. The van der Waals surface area contributed by atoms with Crippen molar-refractivity contribution < 1.29 is 0 Å². The van der Waals surface area contributed by atoms with Gasteiger partial charge in [-0.1, -0.05) is 6.92 Å². The molecule has 0 saturated carbocycles. The van der Waals surface area contributed by atoms with Gasteiger partial charge >= 0.3 is 0 Å². The minimum absolute atomic E-state index is 0.0623. The van der Waals surface area contributed by atoms with Crippen LogP contribution in [0.5, 0.6) is 0 Å². The van der Waals surface area contributed by atoms with Gasteiger partial charge in [-0.15, -0.1) is 0 Å². The molecule has 0 fully saturated rings. The maximum Gasteiger partial charge on any atom is 0.158 e. The summed E-state index contributed by atoms with van der Waals surface area (Å²) in [7, 11) is 0. The van der Waals surface area contributed by atoms with E-state index in [4.69, 9.17) is 5.26 Å². The van der Waals surface area contributed by atoms with E-state index in [0.717, 1.165) is 12.2 Å². The Hall–Kier alpha value is -2.42. The Labute approximate surface area is 98.8 Å². The van der Waals surface area contributed by atoms with Gasteiger partial charge in [0.1, 0.15) is 17.7 Å². The number of rotatable bonds is 4. The zero-order chi connectivity index (χ0) is 12.1. The van der Waals surface area contributed by atoms with Crippen LogP contribution in [0, 0.1) is 11.3 Å². The van der Waals surface area contributed by atoms with Crippen LogP contribution >= 0.6 is 0 Å². The zero-order valence-corrected chi connectivity index (χ0v) is 9.38. The number of nitrogens with zero attached hydrogens (tertiary/aromatic N) is 4. The van der Waals surface area contributed by atoms with Gasteiger partial charge in [-0.3, -0.25) is 0 Å². The van der Waals surface area contributed by atoms with E-state index in [9.17, 15) is 0 Å². The Morgan fingerprint density at radius 1 is 1.41 bits per heavy atom. The molecule has 0 spiro atoms. The summed E-state index contributed by atoms with van der Waals surface area (Å²) in [6.07, 6.45) is 7.35. The molecule has 0 saturated heterocycles. The van der Waals surface area contributed by atoms with Crippen molar-refractivity contribution in [2.75, 3.05) is 5.32 Å². The summed E-state index contributed by atoms with van der Waals surface area (Å²) < 4.78 is 0. The highest BCUT2D eigenvalue weighted by molar-refractivity contribution is 5.35. The Morgan fingerprint density at radius 3 is 2.82 bits per heavy atom. The van der Waals surface area contributed by atoms with Crippen LogP contribution in [0.4, 0.5) is 5.82 Å². The van der Waals surface area contributed by atoms with Crippen LogP contribution in [0.15, 0.2) is 24.8 Å². The number of hydrogen-bond donors (Lipinski definition) is 2. The van der Waals surface area contributed by atoms with E-state index in [2.05, 4.69) is 32.2 Å². The molecular formula is C11H12N6. The lowest BCUT2D eigenvalue weighted by molar-refractivity contribution is 0.699. The normalized spacial score (nSPS) is 11.8. The van der Waals surface area contributed by atoms with Gasteiger partial charge in [-0.25, -0.2) is 15.0 Å². The molecule has 6 heteroatoms. The predicted octanol–water partition coefficient (Wildman–Crippen LogP) is 1.63. The van der Waals surface area contributed by atoms with Crippen molar-refractivity contribution in [3.8, 4) is 6.07 Å². The molecule has 0 amide bonds. The molecule has 2 rings (SSSR count). The Morgan fingerprint density at radius 2 is 2.29 bits per heavy atom. The molecule has 0 aliphatic heterocycles. The number of H-pyrrole nitrogens is 1. The number of anilines is 1. The molecule has 2 N–H and O–H groups in total. The van der Waals surface area contributed by atoms with E-state index in [1.165, 1.54) is 6.20 Å². The SMILES string of the molecule is CCC(Nc1cnc(C#N)cn1)c1ncc[nH]1. The maximum absolute atomic E-state index is 8.62. The average Bonchev–Trinajstić information content (AvgIpc) is 2.90. The number of hydrogen-bond acceptors (Lipinski definition) is 5. The third kappa shape index (κ3) is 2.58. The molecule has 17 heavy (non-hydrogen) atoms.